The highest BCUT2D eigenvalue weighted by atomic mass is 15.2. The maximum absolute atomic E-state index is 2.63. The predicted molar refractivity (Wildman–Crippen MR) is 269 cm³/mol. The molecule has 4 heteroatoms. The molecule has 2 aliphatic heterocycles. The van der Waals surface area contributed by atoms with Gasteiger partial charge in [-0.05, 0) is 115 Å². The lowest BCUT2D eigenvalue weighted by molar-refractivity contribution is 0.590. The Labute approximate surface area is 368 Å². The molecule has 11 rings (SSSR count). The molecule has 2 aromatic heterocycles. The third-order valence-corrected chi connectivity index (χ3v) is 14.1. The van der Waals surface area contributed by atoms with Gasteiger partial charge in [-0.25, -0.2) is 0 Å². The lowest BCUT2D eigenvalue weighted by atomic mass is 9.33. The summed E-state index contributed by atoms with van der Waals surface area (Å²) in [6.45, 7) is 28.1. The van der Waals surface area contributed by atoms with Crippen LogP contribution in [0.4, 0.5) is 17.1 Å². The third-order valence-electron chi connectivity index (χ3n) is 14.1. The number of benzene rings is 7. The second-order valence-electron chi connectivity index (χ2n) is 22.4. The summed E-state index contributed by atoms with van der Waals surface area (Å²) in [6.07, 6.45) is 0. The van der Waals surface area contributed by atoms with E-state index in [2.05, 4.69) is 231 Å². The molecule has 0 bridgehead atoms. The Kier molecular flexibility index (Phi) is 8.02. The summed E-state index contributed by atoms with van der Waals surface area (Å²) in [7, 11) is 0. The molecule has 0 unspecified atom stereocenters. The number of hydrogen-bond acceptors (Lipinski definition) is 1. The van der Waals surface area contributed by atoms with Crippen molar-refractivity contribution < 1.29 is 0 Å². The van der Waals surface area contributed by atoms with E-state index < -0.39 is 0 Å². The van der Waals surface area contributed by atoms with Crippen molar-refractivity contribution in [1.82, 2.24) is 9.13 Å². The minimum Gasteiger partial charge on any atom is -0.311 e. The topological polar surface area (TPSA) is 13.1 Å². The summed E-state index contributed by atoms with van der Waals surface area (Å²) >= 11 is 0. The normalized spacial score (nSPS) is 14.1. The van der Waals surface area contributed by atoms with E-state index >= 15 is 0 Å². The van der Waals surface area contributed by atoms with Crippen LogP contribution in [0, 0.1) is 0 Å². The average Bonchev–Trinajstić information content (AvgIpc) is 3.73. The molecule has 0 fully saturated rings. The molecule has 0 radical (unpaired) electrons. The fourth-order valence-corrected chi connectivity index (χ4v) is 10.6. The highest BCUT2D eigenvalue weighted by molar-refractivity contribution is 7.00. The number of para-hydroxylation sites is 2. The lowest BCUT2D eigenvalue weighted by Crippen LogP contribution is -2.60. The van der Waals surface area contributed by atoms with Gasteiger partial charge in [0, 0.05) is 49.8 Å². The zero-order chi connectivity index (χ0) is 43.4. The summed E-state index contributed by atoms with van der Waals surface area (Å²) in [5.74, 6) is 0. The number of nitrogens with zero attached hydrogens (tertiary/aromatic N) is 3. The predicted octanol–water partition coefficient (Wildman–Crippen LogP) is 13.7. The first-order valence-corrected chi connectivity index (χ1v) is 22.6. The third kappa shape index (κ3) is 5.64. The van der Waals surface area contributed by atoms with Crippen molar-refractivity contribution in [3.05, 3.63) is 156 Å². The molecule has 308 valence electrons. The number of hydrogen-bond donors (Lipinski definition) is 0. The molecule has 2 aliphatic rings. The minimum absolute atomic E-state index is 0.00782. The van der Waals surface area contributed by atoms with Crippen molar-refractivity contribution >= 4 is 83.8 Å². The Bertz CT molecular complexity index is 3260. The molecule has 0 aliphatic carbocycles. The van der Waals surface area contributed by atoms with E-state index in [-0.39, 0.29) is 28.4 Å². The van der Waals surface area contributed by atoms with Crippen LogP contribution in [0.1, 0.15) is 105 Å². The zero-order valence-electron chi connectivity index (χ0n) is 38.6. The number of rotatable bonds is 2. The van der Waals surface area contributed by atoms with E-state index in [1.54, 1.807) is 0 Å². The van der Waals surface area contributed by atoms with Crippen molar-refractivity contribution in [3.8, 4) is 11.4 Å². The Morgan fingerprint density at radius 2 is 0.871 bits per heavy atom. The first-order valence-electron chi connectivity index (χ1n) is 22.6. The van der Waals surface area contributed by atoms with Crippen molar-refractivity contribution in [2.75, 3.05) is 4.90 Å². The second-order valence-corrected chi connectivity index (χ2v) is 22.4. The molecule has 4 heterocycles. The first-order chi connectivity index (χ1) is 29.3. The molecular formula is C58H58BN3. The van der Waals surface area contributed by atoms with Gasteiger partial charge in [-0.2, -0.15) is 0 Å². The molecule has 9 aromatic rings. The summed E-state index contributed by atoms with van der Waals surface area (Å²) in [6, 6.07) is 52.0. The fourth-order valence-electron chi connectivity index (χ4n) is 10.6. The van der Waals surface area contributed by atoms with Gasteiger partial charge in [-0.3, -0.25) is 0 Å². The molecule has 7 aromatic carbocycles. The van der Waals surface area contributed by atoms with Gasteiger partial charge in [0.2, 0.25) is 0 Å². The van der Waals surface area contributed by atoms with E-state index in [9.17, 15) is 0 Å². The van der Waals surface area contributed by atoms with Crippen LogP contribution in [0.5, 0.6) is 0 Å². The van der Waals surface area contributed by atoms with Crippen molar-refractivity contribution in [1.29, 1.82) is 0 Å². The van der Waals surface area contributed by atoms with Crippen LogP contribution in [0.15, 0.2) is 133 Å². The van der Waals surface area contributed by atoms with E-state index in [1.165, 1.54) is 111 Å². The molecule has 3 nitrogen and oxygen atoms in total. The molecule has 0 saturated heterocycles. The van der Waals surface area contributed by atoms with Crippen LogP contribution in [-0.2, 0) is 21.7 Å². The van der Waals surface area contributed by atoms with Gasteiger partial charge in [-0.1, -0.05) is 162 Å². The number of anilines is 3. The maximum atomic E-state index is 2.63. The van der Waals surface area contributed by atoms with Crippen LogP contribution in [-0.4, -0.2) is 15.8 Å². The Hall–Kier alpha value is -6.00. The van der Waals surface area contributed by atoms with Gasteiger partial charge in [0.25, 0.3) is 6.71 Å². The molecular weight excluding hydrogens is 749 g/mol. The molecule has 0 spiro atoms. The van der Waals surface area contributed by atoms with Crippen LogP contribution in [0.25, 0.3) is 55.0 Å². The number of aromatic nitrogens is 2. The van der Waals surface area contributed by atoms with E-state index in [4.69, 9.17) is 0 Å². The highest BCUT2D eigenvalue weighted by Gasteiger charge is 2.43. The molecule has 0 atom stereocenters. The van der Waals surface area contributed by atoms with Crippen LogP contribution in [0.3, 0.4) is 0 Å². The second kappa shape index (κ2) is 12.8. The fraction of sp³-hybridized carbons (Fsp3) is 0.276. The van der Waals surface area contributed by atoms with Gasteiger partial charge in [-0.15, -0.1) is 0 Å². The van der Waals surface area contributed by atoms with Gasteiger partial charge in [0.15, 0.2) is 0 Å². The standard InChI is InChI=1S/C58H58BN3/c1-55(2,3)35-24-27-48-45(29-35)59-46-30-38(58(10,11)12)28-44-41-20-16-17-21-47(41)62(54(44)46)52-34-40(33-51(53(52)59)60(48)39-18-14-13-15-19-39)61-49-31-36(56(4,5)6)22-25-42(49)43-26-23-37(32-50(43)61)57(7,8)9/h13-34H,1-12H3. The average molecular weight is 808 g/mol. The quantitative estimate of drug-likeness (QED) is 0.159. The molecule has 62 heavy (non-hydrogen) atoms. The van der Waals surface area contributed by atoms with E-state index in [0.717, 1.165) is 0 Å². The SMILES string of the molecule is CC(C)(C)c1ccc2c(c1)B1c3c(cc(-n4c5cc(C(C)(C)C)ccc5c5ccc(C(C)(C)C)cc54)cc3-n3c4ccccc4c4cc(C(C)(C)C)cc1c43)N2c1ccccc1. The number of fused-ring (bicyclic) bond motifs is 10. The molecule has 0 saturated carbocycles. The van der Waals surface area contributed by atoms with Crippen molar-refractivity contribution in [2.45, 2.75) is 105 Å². The summed E-state index contributed by atoms with van der Waals surface area (Å²) in [5, 5.41) is 5.21. The lowest BCUT2D eigenvalue weighted by Gasteiger charge is -2.41. The summed E-state index contributed by atoms with van der Waals surface area (Å²) < 4.78 is 5.21. The Morgan fingerprint density at radius 1 is 0.355 bits per heavy atom. The summed E-state index contributed by atoms with van der Waals surface area (Å²) in [4.78, 5) is 2.57. The van der Waals surface area contributed by atoms with Crippen LogP contribution >= 0.6 is 0 Å². The minimum atomic E-state index is -0.0317. The van der Waals surface area contributed by atoms with E-state index in [1.807, 2.05) is 0 Å². The summed E-state index contributed by atoms with van der Waals surface area (Å²) in [5.41, 5.74) is 20.6. The van der Waals surface area contributed by atoms with Gasteiger partial charge < -0.3 is 14.0 Å². The maximum Gasteiger partial charge on any atom is 0.252 e. The van der Waals surface area contributed by atoms with Crippen molar-refractivity contribution in [3.63, 3.8) is 0 Å². The Balaban J connectivity index is 1.35. The van der Waals surface area contributed by atoms with Crippen LogP contribution in [0.2, 0.25) is 0 Å². The highest BCUT2D eigenvalue weighted by Crippen LogP contribution is 2.46. The Morgan fingerprint density at radius 3 is 1.48 bits per heavy atom. The molecule has 0 N–H and O–H groups in total. The molecule has 0 amide bonds. The zero-order valence-corrected chi connectivity index (χ0v) is 38.6. The monoisotopic (exact) mass is 807 g/mol. The van der Waals surface area contributed by atoms with Crippen molar-refractivity contribution in [2.24, 2.45) is 0 Å². The van der Waals surface area contributed by atoms with Gasteiger partial charge in [0.1, 0.15) is 0 Å². The van der Waals surface area contributed by atoms with Gasteiger partial charge >= 0.3 is 0 Å². The first kappa shape index (κ1) is 38.9. The van der Waals surface area contributed by atoms with Gasteiger partial charge in [0.05, 0.1) is 22.2 Å². The van der Waals surface area contributed by atoms with Crippen LogP contribution < -0.4 is 21.3 Å². The smallest absolute Gasteiger partial charge is 0.252 e. The largest absolute Gasteiger partial charge is 0.311 e. The van der Waals surface area contributed by atoms with E-state index in [0.29, 0.717) is 0 Å².